The van der Waals surface area contributed by atoms with Crippen LogP contribution in [0.25, 0.3) is 0 Å². The lowest BCUT2D eigenvalue weighted by Gasteiger charge is -2.17. The lowest BCUT2D eigenvalue weighted by atomic mass is 10.2. The van der Waals surface area contributed by atoms with Crippen LogP contribution in [-0.2, 0) is 6.54 Å². The predicted molar refractivity (Wildman–Crippen MR) is 97.1 cm³/mol. The number of aromatic nitrogens is 1. The molecule has 0 radical (unpaired) electrons. The van der Waals surface area contributed by atoms with Gasteiger partial charge in [-0.3, -0.25) is 9.78 Å². The van der Waals surface area contributed by atoms with Crippen molar-refractivity contribution in [2.75, 3.05) is 17.3 Å². The summed E-state index contributed by atoms with van der Waals surface area (Å²) in [6, 6.07) is 17.5. The third-order valence-corrected chi connectivity index (χ3v) is 3.84. The molecule has 3 aromatic rings. The summed E-state index contributed by atoms with van der Waals surface area (Å²) in [4.78, 5) is 18.3. The monoisotopic (exact) mass is 335 g/mol. The minimum absolute atomic E-state index is 0.135. The number of nitrogens with one attached hydrogen (secondary N) is 1. The van der Waals surface area contributed by atoms with Gasteiger partial charge in [0.25, 0.3) is 5.91 Å². The average molecular weight is 335 g/mol. The Morgan fingerprint density at radius 3 is 2.52 bits per heavy atom. The van der Waals surface area contributed by atoms with Crippen molar-refractivity contribution in [1.29, 1.82) is 0 Å². The maximum atomic E-state index is 12.9. The molecule has 0 aliphatic heterocycles. The lowest BCUT2D eigenvalue weighted by Crippen LogP contribution is -2.26. The first-order valence-electron chi connectivity index (χ1n) is 7.90. The van der Waals surface area contributed by atoms with E-state index in [-0.39, 0.29) is 11.7 Å². The number of rotatable bonds is 5. The first-order valence-corrected chi connectivity index (χ1v) is 7.90. The number of amides is 1. The van der Waals surface area contributed by atoms with E-state index < -0.39 is 0 Å². The van der Waals surface area contributed by atoms with Gasteiger partial charge >= 0.3 is 0 Å². The zero-order chi connectivity index (χ0) is 17.6. The molecule has 0 unspecified atom stereocenters. The van der Waals surface area contributed by atoms with E-state index in [0.29, 0.717) is 12.1 Å². The maximum Gasteiger partial charge on any atom is 0.259 e. The van der Waals surface area contributed by atoms with Crippen LogP contribution in [-0.4, -0.2) is 17.9 Å². The Balaban J connectivity index is 1.70. The van der Waals surface area contributed by atoms with Crippen molar-refractivity contribution in [2.24, 2.45) is 0 Å². The molecule has 0 bridgehead atoms. The first kappa shape index (κ1) is 16.6. The van der Waals surface area contributed by atoms with Gasteiger partial charge in [0.15, 0.2) is 0 Å². The van der Waals surface area contributed by atoms with Gasteiger partial charge in [-0.25, -0.2) is 4.39 Å². The van der Waals surface area contributed by atoms with E-state index >= 15 is 0 Å². The Morgan fingerprint density at radius 2 is 1.80 bits per heavy atom. The molecule has 1 amide bonds. The van der Waals surface area contributed by atoms with Crippen molar-refractivity contribution in [1.82, 2.24) is 4.98 Å². The molecule has 1 aromatic heterocycles. The highest BCUT2D eigenvalue weighted by molar-refractivity contribution is 6.05. The van der Waals surface area contributed by atoms with Crippen molar-refractivity contribution in [3.8, 4) is 0 Å². The standard InChI is InChI=1S/C20H18FN3O/c1-24(19-5-3-2-4-6-19)20(25)16-11-18(14-22-13-16)23-12-15-7-9-17(21)10-8-15/h2-11,13-14,23H,12H2,1H3. The first-order chi connectivity index (χ1) is 12.1. The molecule has 2 aromatic carbocycles. The third-order valence-electron chi connectivity index (χ3n) is 3.84. The Morgan fingerprint density at radius 1 is 1.08 bits per heavy atom. The van der Waals surface area contributed by atoms with Crippen LogP contribution in [0.4, 0.5) is 15.8 Å². The van der Waals surface area contributed by atoms with Crippen molar-refractivity contribution in [3.63, 3.8) is 0 Å². The molecule has 0 saturated heterocycles. The van der Waals surface area contributed by atoms with Crippen molar-refractivity contribution in [3.05, 3.63) is 90.0 Å². The minimum Gasteiger partial charge on any atom is -0.380 e. The van der Waals surface area contributed by atoms with Gasteiger partial charge < -0.3 is 10.2 Å². The molecule has 0 aliphatic rings. The summed E-state index contributed by atoms with van der Waals surface area (Å²) in [6.07, 6.45) is 3.20. The molecule has 0 fully saturated rings. The fraction of sp³-hybridized carbons (Fsp3) is 0.100. The van der Waals surface area contributed by atoms with E-state index in [9.17, 15) is 9.18 Å². The van der Waals surface area contributed by atoms with E-state index in [2.05, 4.69) is 10.3 Å². The highest BCUT2D eigenvalue weighted by Gasteiger charge is 2.14. The second-order valence-electron chi connectivity index (χ2n) is 5.64. The highest BCUT2D eigenvalue weighted by atomic mass is 19.1. The second kappa shape index (κ2) is 7.57. The Kier molecular flexibility index (Phi) is 5.04. The van der Waals surface area contributed by atoms with E-state index in [1.54, 1.807) is 42.5 Å². The number of pyridine rings is 1. The zero-order valence-electron chi connectivity index (χ0n) is 13.8. The Labute approximate surface area is 145 Å². The molecular weight excluding hydrogens is 317 g/mol. The van der Waals surface area contributed by atoms with E-state index in [1.165, 1.54) is 12.1 Å². The van der Waals surface area contributed by atoms with Gasteiger partial charge in [0.05, 0.1) is 11.3 Å². The minimum atomic E-state index is -0.262. The van der Waals surface area contributed by atoms with Gasteiger partial charge in [0.2, 0.25) is 0 Å². The lowest BCUT2D eigenvalue weighted by molar-refractivity contribution is 0.0992. The molecule has 0 aliphatic carbocycles. The highest BCUT2D eigenvalue weighted by Crippen LogP contribution is 2.17. The van der Waals surface area contributed by atoms with Gasteiger partial charge in [-0.2, -0.15) is 0 Å². The number of carbonyl (C=O) groups excluding carboxylic acids is 1. The normalized spacial score (nSPS) is 10.3. The molecule has 1 N–H and O–H groups in total. The SMILES string of the molecule is CN(C(=O)c1cncc(NCc2ccc(F)cc2)c1)c1ccccc1. The fourth-order valence-corrected chi connectivity index (χ4v) is 2.42. The van der Waals surface area contributed by atoms with Crippen LogP contribution in [0, 0.1) is 5.82 Å². The van der Waals surface area contributed by atoms with Crippen molar-refractivity contribution < 1.29 is 9.18 Å². The van der Waals surface area contributed by atoms with Gasteiger partial charge in [0.1, 0.15) is 5.82 Å². The molecule has 25 heavy (non-hydrogen) atoms. The quantitative estimate of drug-likeness (QED) is 0.763. The summed E-state index contributed by atoms with van der Waals surface area (Å²) >= 11 is 0. The number of carbonyl (C=O) groups is 1. The molecule has 5 heteroatoms. The Bertz CT molecular complexity index is 850. The number of hydrogen-bond donors (Lipinski definition) is 1. The summed E-state index contributed by atoms with van der Waals surface area (Å²) in [6.45, 7) is 0.522. The van der Waals surface area contributed by atoms with Crippen molar-refractivity contribution >= 4 is 17.3 Å². The van der Waals surface area contributed by atoms with Crippen molar-refractivity contribution in [2.45, 2.75) is 6.54 Å². The maximum absolute atomic E-state index is 12.9. The summed E-state index contributed by atoms with van der Waals surface area (Å²) in [5.74, 6) is -0.397. The molecule has 1 heterocycles. The predicted octanol–water partition coefficient (Wildman–Crippen LogP) is 4.11. The summed E-state index contributed by atoms with van der Waals surface area (Å²) < 4.78 is 12.9. The van der Waals surface area contributed by atoms with E-state index in [4.69, 9.17) is 0 Å². The summed E-state index contributed by atoms with van der Waals surface area (Å²) in [5, 5.41) is 3.20. The van der Waals surface area contributed by atoms with Crippen LogP contribution in [0.5, 0.6) is 0 Å². The topological polar surface area (TPSA) is 45.2 Å². The average Bonchev–Trinajstić information content (AvgIpc) is 2.67. The van der Waals surface area contributed by atoms with Crippen LogP contribution in [0.15, 0.2) is 73.1 Å². The number of anilines is 2. The smallest absolute Gasteiger partial charge is 0.259 e. The number of halogens is 1. The van der Waals surface area contributed by atoms with Crippen LogP contribution < -0.4 is 10.2 Å². The van der Waals surface area contributed by atoms with Gasteiger partial charge in [-0.15, -0.1) is 0 Å². The fourth-order valence-electron chi connectivity index (χ4n) is 2.42. The van der Waals surface area contributed by atoms with Crippen LogP contribution >= 0.6 is 0 Å². The molecule has 4 nitrogen and oxygen atoms in total. The largest absolute Gasteiger partial charge is 0.380 e. The molecule has 0 atom stereocenters. The number of hydrogen-bond acceptors (Lipinski definition) is 3. The van der Waals surface area contributed by atoms with Crippen LogP contribution in [0.1, 0.15) is 15.9 Å². The number of nitrogens with zero attached hydrogens (tertiary/aromatic N) is 2. The van der Waals surface area contributed by atoms with Gasteiger partial charge in [-0.05, 0) is 35.9 Å². The number of benzene rings is 2. The second-order valence-corrected chi connectivity index (χ2v) is 5.64. The Hall–Kier alpha value is -3.21. The molecule has 0 saturated carbocycles. The van der Waals surface area contributed by atoms with Crippen LogP contribution in [0.3, 0.4) is 0 Å². The van der Waals surface area contributed by atoms with E-state index in [0.717, 1.165) is 16.9 Å². The molecule has 3 rings (SSSR count). The zero-order valence-corrected chi connectivity index (χ0v) is 13.8. The van der Waals surface area contributed by atoms with Gasteiger partial charge in [0, 0.05) is 31.7 Å². The number of para-hydroxylation sites is 1. The summed E-state index contributed by atoms with van der Waals surface area (Å²) in [7, 11) is 1.73. The molecule has 0 spiro atoms. The third kappa shape index (κ3) is 4.20. The van der Waals surface area contributed by atoms with Gasteiger partial charge in [-0.1, -0.05) is 30.3 Å². The van der Waals surface area contributed by atoms with Crippen LogP contribution in [0.2, 0.25) is 0 Å². The summed E-state index contributed by atoms with van der Waals surface area (Å²) in [5.41, 5.74) is 2.99. The van der Waals surface area contributed by atoms with E-state index in [1.807, 2.05) is 30.3 Å². The molecular formula is C20H18FN3O. The molecule has 126 valence electrons.